The van der Waals surface area contributed by atoms with Crippen LogP contribution < -0.4 is 4.74 Å². The van der Waals surface area contributed by atoms with E-state index in [2.05, 4.69) is 173 Å². The highest BCUT2D eigenvalue weighted by molar-refractivity contribution is 6.09. The Balaban J connectivity index is 1.12. The molecule has 5 heteroatoms. The molecule has 0 atom stereocenters. The van der Waals surface area contributed by atoms with Crippen molar-refractivity contribution in [2.45, 2.75) is 19.8 Å². The average Bonchev–Trinajstić information content (AvgIpc) is 3.71. The van der Waals surface area contributed by atoms with E-state index in [1.807, 2.05) is 24.4 Å². The number of benzene rings is 6. The Morgan fingerprint density at radius 2 is 1.20 bits per heavy atom. The fraction of sp³-hybridized carbons (Fsp3) is 0.0667. The lowest BCUT2D eigenvalue weighted by atomic mass is 9.93. The molecule has 0 N–H and O–H groups in total. The van der Waals surface area contributed by atoms with Crippen LogP contribution in [0.2, 0.25) is 0 Å². The summed E-state index contributed by atoms with van der Waals surface area (Å²) in [6.07, 6.45) is 4.06. The van der Waals surface area contributed by atoms with Gasteiger partial charge in [0.1, 0.15) is 28.7 Å². The zero-order valence-corrected chi connectivity index (χ0v) is 27.9. The van der Waals surface area contributed by atoms with Crippen LogP contribution in [0.5, 0.6) is 11.5 Å². The molecule has 0 amide bonds. The molecule has 0 radical (unpaired) electrons. The van der Waals surface area contributed by atoms with Crippen molar-refractivity contribution < 1.29 is 4.74 Å². The van der Waals surface area contributed by atoms with E-state index in [0.29, 0.717) is 5.92 Å². The van der Waals surface area contributed by atoms with Gasteiger partial charge in [0.25, 0.3) is 0 Å². The highest BCUT2D eigenvalue weighted by atomic mass is 16.5. The molecule has 0 saturated carbocycles. The molecular weight excluding hydrogens is 613 g/mol. The zero-order chi connectivity index (χ0) is 33.6. The molecule has 0 bridgehead atoms. The van der Waals surface area contributed by atoms with Gasteiger partial charge in [-0.1, -0.05) is 86.6 Å². The smallest absolute Gasteiger partial charge is 0.168 e. The second kappa shape index (κ2) is 12.2. The Hall–Kier alpha value is -6.46. The number of aromatic nitrogens is 4. The Morgan fingerprint density at radius 3 is 2.02 bits per heavy atom. The lowest BCUT2D eigenvalue weighted by molar-refractivity contribution is 0.483. The molecule has 50 heavy (non-hydrogen) atoms. The van der Waals surface area contributed by atoms with Crippen LogP contribution in [-0.4, -0.2) is 18.7 Å². The van der Waals surface area contributed by atoms with Crippen LogP contribution >= 0.6 is 0 Å². The van der Waals surface area contributed by atoms with Gasteiger partial charge in [-0.2, -0.15) is 9.13 Å². The van der Waals surface area contributed by atoms with Crippen LogP contribution in [0.25, 0.3) is 61.2 Å². The first-order valence-electron chi connectivity index (χ1n) is 17.1. The second-order valence-electron chi connectivity index (χ2n) is 13.0. The molecule has 6 aromatic carbocycles. The first-order valence-corrected chi connectivity index (χ1v) is 17.1. The summed E-state index contributed by atoms with van der Waals surface area (Å²) in [4.78, 5) is 4.91. The summed E-state index contributed by atoms with van der Waals surface area (Å²) >= 11 is 0. The molecule has 0 aliphatic heterocycles. The largest absolute Gasteiger partial charge is 0.456 e. The van der Waals surface area contributed by atoms with Crippen molar-refractivity contribution in [2.75, 3.05) is 0 Å². The Kier molecular flexibility index (Phi) is 7.24. The minimum Gasteiger partial charge on any atom is -0.456 e. The molecule has 0 saturated heterocycles. The van der Waals surface area contributed by atoms with Crippen molar-refractivity contribution in [3.63, 3.8) is 0 Å². The van der Waals surface area contributed by atoms with E-state index in [4.69, 9.17) is 9.72 Å². The monoisotopic (exact) mass is 647 g/mol. The van der Waals surface area contributed by atoms with Gasteiger partial charge < -0.3 is 4.74 Å². The first-order chi connectivity index (χ1) is 24.6. The molecule has 0 aliphatic carbocycles. The van der Waals surface area contributed by atoms with Crippen molar-refractivity contribution >= 4 is 32.8 Å². The van der Waals surface area contributed by atoms with E-state index in [1.165, 1.54) is 16.5 Å². The number of fused-ring (bicyclic) bond motifs is 4. The van der Waals surface area contributed by atoms with Crippen LogP contribution in [0, 0.1) is 0 Å². The zero-order valence-electron chi connectivity index (χ0n) is 27.9. The third kappa shape index (κ3) is 5.11. The van der Waals surface area contributed by atoms with Crippen LogP contribution in [-0.2, 0) is 0 Å². The molecule has 0 spiro atoms. The lowest BCUT2D eigenvalue weighted by Gasteiger charge is -2.14. The SMILES string of the molecule is CC(C)c1ccccc1-c1ccnc(-n2c3ccccc3c3ccc(Oc4cccc(-n5[cH+]n(-c6ccccc6)c6ccccc65)c4)cc32)c1. The fourth-order valence-corrected chi connectivity index (χ4v) is 7.18. The minimum atomic E-state index is 0.412. The number of nitrogens with zero attached hydrogens (tertiary/aromatic N) is 4. The second-order valence-corrected chi connectivity index (χ2v) is 13.0. The van der Waals surface area contributed by atoms with Crippen LogP contribution in [0.4, 0.5) is 0 Å². The minimum absolute atomic E-state index is 0.412. The summed E-state index contributed by atoms with van der Waals surface area (Å²) in [5, 5.41) is 2.33. The third-order valence-electron chi connectivity index (χ3n) is 9.51. The predicted octanol–water partition coefficient (Wildman–Crippen LogP) is 11.8. The molecule has 5 nitrogen and oxygen atoms in total. The van der Waals surface area contributed by atoms with Crippen LogP contribution in [0.3, 0.4) is 0 Å². The van der Waals surface area contributed by atoms with Gasteiger partial charge >= 0.3 is 0 Å². The number of hydrogen-bond acceptors (Lipinski definition) is 2. The number of para-hydroxylation sites is 4. The molecule has 240 valence electrons. The topological polar surface area (TPSA) is 36.9 Å². The van der Waals surface area contributed by atoms with E-state index in [1.54, 1.807) is 0 Å². The molecule has 3 heterocycles. The molecule has 9 rings (SSSR count). The van der Waals surface area contributed by atoms with Gasteiger partial charge in [0.2, 0.25) is 0 Å². The van der Waals surface area contributed by atoms with Crippen molar-refractivity contribution in [2.24, 2.45) is 0 Å². The maximum absolute atomic E-state index is 6.62. The number of imidazole rings is 1. The maximum atomic E-state index is 6.62. The van der Waals surface area contributed by atoms with Crippen molar-refractivity contribution in [3.05, 3.63) is 176 Å². The lowest BCUT2D eigenvalue weighted by Crippen LogP contribution is -1.99. The van der Waals surface area contributed by atoms with E-state index in [0.717, 1.165) is 61.7 Å². The van der Waals surface area contributed by atoms with Gasteiger partial charge in [-0.15, -0.1) is 0 Å². The van der Waals surface area contributed by atoms with Gasteiger partial charge in [0.05, 0.1) is 11.0 Å². The summed E-state index contributed by atoms with van der Waals surface area (Å²) in [5.74, 6) is 2.81. The highest BCUT2D eigenvalue weighted by Crippen LogP contribution is 2.37. The van der Waals surface area contributed by atoms with E-state index in [9.17, 15) is 0 Å². The summed E-state index contributed by atoms with van der Waals surface area (Å²) < 4.78 is 13.3. The molecule has 9 aromatic rings. The number of ether oxygens (including phenoxy) is 1. The van der Waals surface area contributed by atoms with E-state index >= 15 is 0 Å². The Bertz CT molecular complexity index is 2670. The molecule has 3 aromatic heterocycles. The van der Waals surface area contributed by atoms with Gasteiger partial charge in [-0.25, -0.2) is 4.98 Å². The number of hydrogen-bond donors (Lipinski definition) is 0. The van der Waals surface area contributed by atoms with Crippen molar-refractivity contribution in [1.82, 2.24) is 18.7 Å². The van der Waals surface area contributed by atoms with E-state index in [-0.39, 0.29) is 0 Å². The summed E-state index contributed by atoms with van der Waals surface area (Å²) in [6, 6.07) is 55.0. The summed E-state index contributed by atoms with van der Waals surface area (Å²) in [7, 11) is 0. The van der Waals surface area contributed by atoms with Crippen molar-refractivity contribution in [1.29, 1.82) is 0 Å². The maximum Gasteiger partial charge on any atom is 0.168 e. The van der Waals surface area contributed by atoms with E-state index < -0.39 is 0 Å². The highest BCUT2D eigenvalue weighted by Gasteiger charge is 2.19. The predicted molar refractivity (Wildman–Crippen MR) is 205 cm³/mol. The van der Waals surface area contributed by atoms with Crippen LogP contribution in [0.1, 0.15) is 25.3 Å². The molecule has 0 aliphatic rings. The third-order valence-corrected chi connectivity index (χ3v) is 9.51. The quantitative estimate of drug-likeness (QED) is 0.161. The normalized spacial score (nSPS) is 11.6. The Morgan fingerprint density at radius 1 is 0.540 bits per heavy atom. The summed E-state index contributed by atoms with van der Waals surface area (Å²) in [6.45, 7) is 4.49. The van der Waals surface area contributed by atoms with Gasteiger partial charge in [0.15, 0.2) is 17.4 Å². The Labute approximate surface area is 290 Å². The fourth-order valence-electron chi connectivity index (χ4n) is 7.18. The van der Waals surface area contributed by atoms with Gasteiger partial charge in [-0.05, 0) is 83.3 Å². The van der Waals surface area contributed by atoms with Gasteiger partial charge in [0, 0.05) is 41.2 Å². The number of pyridine rings is 1. The van der Waals surface area contributed by atoms with Gasteiger partial charge in [-0.3, -0.25) is 4.57 Å². The number of rotatable bonds is 7. The van der Waals surface area contributed by atoms with Crippen LogP contribution in [0.15, 0.2) is 170 Å². The standard InChI is InChI=1S/C45H35N4O/c1-31(2)37-17-6-7-18-38(37)32-25-26-46-45(27-32)49-41-20-9-8-19-39(41)40-24-23-36(29-44(40)49)50-35-16-12-15-34(28-35)48-30-47(33-13-4-3-5-14-33)42-21-10-11-22-43(42)48/h3-31H,1-2H3/q+1. The first kappa shape index (κ1) is 29.7. The molecular formula is C45H35N4O+. The summed E-state index contributed by atoms with van der Waals surface area (Å²) in [5.41, 5.74) is 10.2. The average molecular weight is 648 g/mol. The van der Waals surface area contributed by atoms with Crippen molar-refractivity contribution in [3.8, 4) is 39.8 Å². The molecule has 0 unspecified atom stereocenters. The molecule has 0 fully saturated rings.